The van der Waals surface area contributed by atoms with Gasteiger partial charge in [0, 0.05) is 0 Å². The van der Waals surface area contributed by atoms with Crippen LogP contribution in [0.1, 0.15) is 65.2 Å². The number of unbranched alkanes of at least 4 members (excludes halogenated alkanes) is 6. The van der Waals surface area contributed by atoms with E-state index in [9.17, 15) is 0 Å². The minimum absolute atomic E-state index is 0. The first-order valence-corrected chi connectivity index (χ1v) is 6.97. The Balaban J connectivity index is -0.000000282. The minimum atomic E-state index is 0. The third kappa shape index (κ3) is 23.1. The molecule has 5 heteroatoms. The molecule has 107 valence electrons. The van der Waals surface area contributed by atoms with Crippen molar-refractivity contribution in [3.63, 3.8) is 0 Å². The molecule has 0 atom stereocenters. The molecule has 0 aromatic carbocycles. The molecule has 0 aliphatic carbocycles. The van der Waals surface area contributed by atoms with Gasteiger partial charge in [0.2, 0.25) is 0 Å². The zero-order chi connectivity index (χ0) is 10.6. The van der Waals surface area contributed by atoms with Crippen LogP contribution in [0.4, 0.5) is 0 Å². The zero-order valence-electron chi connectivity index (χ0n) is 11.2. The van der Waals surface area contributed by atoms with Crippen LogP contribution in [0, 0.1) is 0 Å². The summed E-state index contributed by atoms with van der Waals surface area (Å²) in [5.41, 5.74) is 0. The van der Waals surface area contributed by atoms with Crippen molar-refractivity contribution in [3.8, 4) is 0 Å². The van der Waals surface area contributed by atoms with Crippen molar-refractivity contribution in [2.45, 2.75) is 65.2 Å². The maximum Gasteiger partial charge on any atom is -0.147 e. The van der Waals surface area contributed by atoms with Crippen molar-refractivity contribution in [3.05, 3.63) is 0 Å². The van der Waals surface area contributed by atoms with Crippen molar-refractivity contribution in [2.75, 3.05) is 13.1 Å². The second-order valence-electron chi connectivity index (χ2n) is 4.11. The third-order valence-corrected chi connectivity index (χ3v) is 3.26. The minimum Gasteiger partial charge on any atom is -0.147 e. The average molecular weight is 342 g/mol. The Morgan fingerprint density at radius 1 is 0.647 bits per heavy atom. The molecular weight excluding hydrogens is 312 g/mol. The molecule has 17 heavy (non-hydrogen) atoms. The van der Waals surface area contributed by atoms with Gasteiger partial charge in [-0.05, 0) is 0 Å². The quantitative estimate of drug-likeness (QED) is 0.391. The molecule has 1 nitrogen and oxygen atoms in total. The first-order chi connectivity index (χ1) is 6.81. The third-order valence-electron chi connectivity index (χ3n) is 2.56. The summed E-state index contributed by atoms with van der Waals surface area (Å²) in [5.74, 6) is 0. The van der Waals surface area contributed by atoms with Crippen LogP contribution in [-0.2, 0) is 20.7 Å². The van der Waals surface area contributed by atoms with Gasteiger partial charge in [-0.3, -0.25) is 0 Å². The molecule has 0 spiro atoms. The molecule has 0 N–H and O–H groups in total. The van der Waals surface area contributed by atoms with Crippen LogP contribution in [0.3, 0.4) is 0 Å². The zero-order valence-corrected chi connectivity index (χ0v) is 15.3. The summed E-state index contributed by atoms with van der Waals surface area (Å²) < 4.78 is 2.49. The number of nitrogens with zero attached hydrogens (tertiary/aromatic N) is 1. The van der Waals surface area contributed by atoms with Gasteiger partial charge in [0.25, 0.3) is 0 Å². The van der Waals surface area contributed by atoms with Gasteiger partial charge in [-0.2, -0.15) is 0 Å². The van der Waals surface area contributed by atoms with Crippen molar-refractivity contribution in [1.29, 1.82) is 0 Å². The van der Waals surface area contributed by atoms with Gasteiger partial charge >= 0.3 is 102 Å². The number of halogens is 3. The number of hydrogen-bond acceptors (Lipinski definition) is 1. The summed E-state index contributed by atoms with van der Waals surface area (Å²) in [5, 5.41) is 0. The van der Waals surface area contributed by atoms with Gasteiger partial charge in [0.1, 0.15) is 0 Å². The molecule has 0 aromatic rings. The van der Waals surface area contributed by atoms with Crippen LogP contribution in [0.15, 0.2) is 0 Å². The first kappa shape index (κ1) is 27.0. The van der Waals surface area contributed by atoms with Crippen LogP contribution in [0.25, 0.3) is 0 Å². The van der Waals surface area contributed by atoms with E-state index in [1.54, 1.807) is 0 Å². The molecule has 0 rings (SSSR count). The average Bonchev–Trinajstić information content (AvgIpc) is 2.19. The summed E-state index contributed by atoms with van der Waals surface area (Å²) in [6, 6.07) is 0. The second-order valence-corrected chi connectivity index (χ2v) is 5.10. The Bertz CT molecular complexity index is 106. The topological polar surface area (TPSA) is 3.24 Å². The molecule has 0 radical (unpaired) electrons. The standard InChI is InChI=1S/C12H26N.3ClH.Ti/c1-3-5-7-9-11-13-12-10-8-6-4-2;;;;/h3-12H2,1-2H3;3*1H;/q-1;;;;+1. The van der Waals surface area contributed by atoms with Gasteiger partial charge < -0.3 is 0 Å². The smallest absolute Gasteiger partial charge is 0.147 e. The van der Waals surface area contributed by atoms with Gasteiger partial charge in [0.15, 0.2) is 0 Å². The molecule has 0 unspecified atom stereocenters. The SMILES string of the molecule is CCCCCC[N]([Ti])CCCCCC.Cl.Cl.Cl. The summed E-state index contributed by atoms with van der Waals surface area (Å²) in [7, 11) is 0. The van der Waals surface area contributed by atoms with Crippen LogP contribution >= 0.6 is 37.2 Å². The molecule has 0 saturated carbocycles. The second kappa shape index (κ2) is 22.7. The van der Waals surface area contributed by atoms with E-state index in [-0.39, 0.29) is 37.2 Å². The molecule has 0 fully saturated rings. The van der Waals surface area contributed by atoms with E-state index in [1.807, 2.05) is 0 Å². The molecule has 0 aliphatic rings. The first-order valence-electron chi connectivity index (χ1n) is 6.27. The fourth-order valence-corrected chi connectivity index (χ4v) is 2.06. The normalized spacial score (nSPS) is 9.06. The van der Waals surface area contributed by atoms with E-state index >= 15 is 0 Å². The molecule has 0 aromatic heterocycles. The van der Waals surface area contributed by atoms with Gasteiger partial charge in [-0.25, -0.2) is 0 Å². The van der Waals surface area contributed by atoms with E-state index in [0.29, 0.717) is 0 Å². The molecular formula is C12H29Cl3NTi. The molecule has 0 heterocycles. The summed E-state index contributed by atoms with van der Waals surface area (Å²) in [6.45, 7) is 7.14. The van der Waals surface area contributed by atoms with Crippen LogP contribution < -0.4 is 0 Å². The van der Waals surface area contributed by atoms with Crippen molar-refractivity contribution >= 4 is 37.2 Å². The van der Waals surface area contributed by atoms with Crippen molar-refractivity contribution < 1.29 is 20.7 Å². The van der Waals surface area contributed by atoms with Crippen LogP contribution in [0.2, 0.25) is 0 Å². The van der Waals surface area contributed by atoms with Crippen molar-refractivity contribution in [1.82, 2.24) is 3.38 Å². The molecule has 0 aliphatic heterocycles. The molecule has 0 bridgehead atoms. The predicted molar refractivity (Wildman–Crippen MR) is 81.6 cm³/mol. The Kier molecular flexibility index (Phi) is 36.0. The van der Waals surface area contributed by atoms with E-state index in [2.05, 4.69) is 37.9 Å². The summed E-state index contributed by atoms with van der Waals surface area (Å²) >= 11 is 2.26. The fraction of sp³-hybridized carbons (Fsp3) is 1.00. The molecule has 0 amide bonds. The van der Waals surface area contributed by atoms with E-state index in [4.69, 9.17) is 0 Å². The maximum absolute atomic E-state index is 2.49. The Labute approximate surface area is 139 Å². The Hall–Kier alpha value is 1.54. The van der Waals surface area contributed by atoms with Gasteiger partial charge in [0.05, 0.1) is 0 Å². The largest absolute Gasteiger partial charge is 0.147 e. The Morgan fingerprint density at radius 2 is 1.00 bits per heavy atom. The Morgan fingerprint density at radius 3 is 1.29 bits per heavy atom. The van der Waals surface area contributed by atoms with Crippen molar-refractivity contribution in [2.24, 2.45) is 0 Å². The summed E-state index contributed by atoms with van der Waals surface area (Å²) in [6.07, 6.45) is 11.1. The van der Waals surface area contributed by atoms with Gasteiger partial charge in [-0.15, -0.1) is 37.2 Å². The van der Waals surface area contributed by atoms with E-state index in [0.717, 1.165) is 0 Å². The van der Waals surface area contributed by atoms with E-state index < -0.39 is 0 Å². The number of hydrogen-bond donors (Lipinski definition) is 0. The summed E-state index contributed by atoms with van der Waals surface area (Å²) in [4.78, 5) is 0. The monoisotopic (exact) mass is 340 g/mol. The molecule has 0 saturated heterocycles. The van der Waals surface area contributed by atoms with E-state index in [1.165, 1.54) is 64.5 Å². The number of rotatable bonds is 10. The fourth-order valence-electron chi connectivity index (χ4n) is 1.57. The van der Waals surface area contributed by atoms with Crippen LogP contribution in [0.5, 0.6) is 0 Å². The maximum atomic E-state index is 2.49. The van der Waals surface area contributed by atoms with Crippen LogP contribution in [-0.4, -0.2) is 16.5 Å². The predicted octanol–water partition coefficient (Wildman–Crippen LogP) is 5.18. The van der Waals surface area contributed by atoms with Gasteiger partial charge in [-0.1, -0.05) is 0 Å².